The monoisotopic (exact) mass is 468 g/mol. The number of amides is 1. The van der Waals surface area contributed by atoms with Gasteiger partial charge in [-0.3, -0.25) is 24.7 Å². The molecular formula is C24H41ClN4O3. The third-order valence-corrected chi connectivity index (χ3v) is 8.91. The number of carbonyl (C=O) groups excluding carboxylic acids is 1. The van der Waals surface area contributed by atoms with Crippen molar-refractivity contribution in [1.82, 2.24) is 20.4 Å². The number of carboxylic acid groups (broad SMARTS) is 1. The van der Waals surface area contributed by atoms with Crippen molar-refractivity contribution in [2.24, 2.45) is 17.8 Å². The summed E-state index contributed by atoms with van der Waals surface area (Å²) in [5.41, 5.74) is 0. The summed E-state index contributed by atoms with van der Waals surface area (Å²) in [5, 5.41) is 16.8. The fourth-order valence-corrected chi connectivity index (χ4v) is 6.76. The molecule has 2 aliphatic carbocycles. The summed E-state index contributed by atoms with van der Waals surface area (Å²) < 4.78 is 0. The molecule has 1 amide bonds. The quantitative estimate of drug-likeness (QED) is 0.537. The van der Waals surface area contributed by atoms with Crippen molar-refractivity contribution >= 4 is 23.5 Å². The zero-order valence-electron chi connectivity index (χ0n) is 19.5. The molecule has 182 valence electrons. The average molecular weight is 469 g/mol. The molecule has 0 aromatic carbocycles. The van der Waals surface area contributed by atoms with Gasteiger partial charge in [0.2, 0.25) is 5.91 Å². The maximum atomic E-state index is 12.7. The van der Waals surface area contributed by atoms with Crippen molar-refractivity contribution in [1.29, 1.82) is 0 Å². The van der Waals surface area contributed by atoms with E-state index in [4.69, 9.17) is 11.6 Å². The minimum atomic E-state index is -0.775. The minimum absolute atomic E-state index is 0.0887. The van der Waals surface area contributed by atoms with Crippen molar-refractivity contribution in [3.8, 4) is 0 Å². The summed E-state index contributed by atoms with van der Waals surface area (Å²) in [6.07, 6.45) is 9.21. The molecule has 4 fully saturated rings. The number of hydrogen-bond acceptors (Lipinski definition) is 5. The van der Waals surface area contributed by atoms with E-state index in [-0.39, 0.29) is 29.4 Å². The first-order valence-corrected chi connectivity index (χ1v) is 13.2. The number of alkyl halides is 1. The number of carboxylic acids is 1. The first kappa shape index (κ1) is 24.2. The van der Waals surface area contributed by atoms with E-state index in [9.17, 15) is 14.7 Å². The molecule has 5 atom stereocenters. The van der Waals surface area contributed by atoms with Crippen molar-refractivity contribution in [2.75, 3.05) is 32.7 Å². The summed E-state index contributed by atoms with van der Waals surface area (Å²) in [5.74, 6) is -0.374. The maximum Gasteiger partial charge on any atom is 0.309 e. The van der Waals surface area contributed by atoms with Gasteiger partial charge in [0.15, 0.2) is 0 Å². The summed E-state index contributed by atoms with van der Waals surface area (Å²) >= 11 is 6.61. The van der Waals surface area contributed by atoms with Crippen molar-refractivity contribution in [3.63, 3.8) is 0 Å². The van der Waals surface area contributed by atoms with E-state index in [0.717, 1.165) is 58.3 Å². The Morgan fingerprint density at radius 2 is 1.62 bits per heavy atom. The largest absolute Gasteiger partial charge is 0.481 e. The molecule has 2 saturated heterocycles. The van der Waals surface area contributed by atoms with Gasteiger partial charge in [0, 0.05) is 56.1 Å². The van der Waals surface area contributed by atoms with Crippen LogP contribution >= 0.6 is 11.6 Å². The number of nitrogens with one attached hydrogen (secondary N) is 2. The van der Waals surface area contributed by atoms with Gasteiger partial charge in [0.05, 0.1) is 12.1 Å². The van der Waals surface area contributed by atoms with Crippen LogP contribution in [0.1, 0.15) is 64.7 Å². The molecule has 0 spiro atoms. The Labute approximate surface area is 197 Å². The molecule has 8 heteroatoms. The molecule has 2 saturated carbocycles. The zero-order valence-corrected chi connectivity index (χ0v) is 20.2. The van der Waals surface area contributed by atoms with Gasteiger partial charge in [0.1, 0.15) is 0 Å². The lowest BCUT2D eigenvalue weighted by Crippen LogP contribution is -2.65. The van der Waals surface area contributed by atoms with Gasteiger partial charge in [-0.2, -0.15) is 0 Å². The molecule has 0 aromatic rings. The van der Waals surface area contributed by atoms with E-state index in [1.54, 1.807) is 0 Å². The van der Waals surface area contributed by atoms with Gasteiger partial charge in [0.25, 0.3) is 0 Å². The fraction of sp³-hybridized carbons (Fsp3) is 0.917. The molecule has 5 unspecified atom stereocenters. The third kappa shape index (κ3) is 5.78. The molecule has 0 bridgehead atoms. The summed E-state index contributed by atoms with van der Waals surface area (Å²) in [6, 6.07) is 0.351. The van der Waals surface area contributed by atoms with E-state index < -0.39 is 11.9 Å². The number of piperidine rings is 1. The summed E-state index contributed by atoms with van der Waals surface area (Å²) in [4.78, 5) is 29.7. The highest BCUT2D eigenvalue weighted by atomic mass is 35.5. The van der Waals surface area contributed by atoms with Gasteiger partial charge >= 0.3 is 5.97 Å². The Balaban J connectivity index is 1.28. The molecule has 32 heavy (non-hydrogen) atoms. The van der Waals surface area contributed by atoms with Crippen LogP contribution in [0.15, 0.2) is 0 Å². The van der Waals surface area contributed by atoms with Crippen LogP contribution in [0.25, 0.3) is 0 Å². The number of halogens is 1. The van der Waals surface area contributed by atoms with Gasteiger partial charge in [-0.15, -0.1) is 11.6 Å². The second-order valence-corrected chi connectivity index (χ2v) is 11.2. The lowest BCUT2D eigenvalue weighted by Gasteiger charge is -2.47. The molecule has 4 aliphatic rings. The summed E-state index contributed by atoms with van der Waals surface area (Å²) in [7, 11) is 0. The van der Waals surface area contributed by atoms with E-state index in [0.29, 0.717) is 24.9 Å². The minimum Gasteiger partial charge on any atom is -0.481 e. The highest BCUT2D eigenvalue weighted by Crippen LogP contribution is 2.30. The number of piperazine rings is 1. The molecule has 3 N–H and O–H groups in total. The standard InChI is InChI=1S/C24H41ClN4O3/c1-16-6-8-17(9-7-16)23(30)27-18-14-19(24(31)32)22(26-15-18)29-12-10-28(11-13-29)21-5-3-2-4-20(21)25/h16-22,26H,2-15H2,1H3,(H,27,30)(H,31,32). The van der Waals surface area contributed by atoms with Crippen molar-refractivity contribution in [2.45, 2.75) is 88.3 Å². The molecule has 0 aromatic heterocycles. The van der Waals surface area contributed by atoms with Gasteiger partial charge in [-0.1, -0.05) is 19.8 Å². The zero-order chi connectivity index (χ0) is 22.7. The number of hydrogen-bond donors (Lipinski definition) is 3. The second kappa shape index (κ2) is 11.0. The van der Waals surface area contributed by atoms with E-state index >= 15 is 0 Å². The van der Waals surface area contributed by atoms with Crippen LogP contribution in [-0.2, 0) is 9.59 Å². The van der Waals surface area contributed by atoms with Crippen LogP contribution < -0.4 is 10.6 Å². The smallest absolute Gasteiger partial charge is 0.309 e. The van der Waals surface area contributed by atoms with Crippen molar-refractivity contribution in [3.05, 3.63) is 0 Å². The highest BCUT2D eigenvalue weighted by Gasteiger charge is 2.41. The van der Waals surface area contributed by atoms with Crippen LogP contribution in [0.5, 0.6) is 0 Å². The average Bonchev–Trinajstić information content (AvgIpc) is 2.80. The second-order valence-electron chi connectivity index (χ2n) is 10.6. The summed E-state index contributed by atoms with van der Waals surface area (Å²) in [6.45, 7) is 6.49. The number of nitrogens with zero attached hydrogens (tertiary/aromatic N) is 2. The van der Waals surface area contributed by atoms with Crippen LogP contribution in [0, 0.1) is 17.8 Å². The van der Waals surface area contributed by atoms with Crippen LogP contribution in [0.2, 0.25) is 0 Å². The Hall–Kier alpha value is -0.890. The normalized spacial score (nSPS) is 40.0. The Kier molecular flexibility index (Phi) is 8.35. The first-order chi connectivity index (χ1) is 15.4. The Morgan fingerprint density at radius 3 is 2.28 bits per heavy atom. The SMILES string of the molecule is CC1CCC(C(=O)NC2CNC(N3CCN(C4CCCCC4Cl)CC3)C(C(=O)O)C2)CC1. The van der Waals surface area contributed by atoms with E-state index in [2.05, 4.69) is 27.4 Å². The molecule has 2 heterocycles. The predicted molar refractivity (Wildman–Crippen MR) is 126 cm³/mol. The van der Waals surface area contributed by atoms with E-state index in [1.165, 1.54) is 19.3 Å². The van der Waals surface area contributed by atoms with Crippen LogP contribution in [0.3, 0.4) is 0 Å². The number of carbonyl (C=O) groups is 2. The lowest BCUT2D eigenvalue weighted by atomic mass is 9.82. The fourth-order valence-electron chi connectivity index (χ4n) is 6.32. The molecule has 7 nitrogen and oxygen atoms in total. The van der Waals surface area contributed by atoms with Gasteiger partial charge in [-0.05, 0) is 50.9 Å². The predicted octanol–water partition coefficient (Wildman–Crippen LogP) is 2.49. The topological polar surface area (TPSA) is 84.9 Å². The Bertz CT molecular complexity index is 649. The highest BCUT2D eigenvalue weighted by molar-refractivity contribution is 6.21. The first-order valence-electron chi connectivity index (χ1n) is 12.8. The Morgan fingerprint density at radius 1 is 0.969 bits per heavy atom. The molecular weight excluding hydrogens is 428 g/mol. The molecule has 2 aliphatic heterocycles. The van der Waals surface area contributed by atoms with Crippen LogP contribution in [0.4, 0.5) is 0 Å². The molecule has 4 rings (SSSR count). The third-order valence-electron chi connectivity index (χ3n) is 8.40. The lowest BCUT2D eigenvalue weighted by molar-refractivity contribution is -0.148. The van der Waals surface area contributed by atoms with Crippen molar-refractivity contribution < 1.29 is 14.7 Å². The van der Waals surface area contributed by atoms with Gasteiger partial charge in [-0.25, -0.2) is 0 Å². The van der Waals surface area contributed by atoms with Crippen LogP contribution in [-0.4, -0.2) is 83.1 Å². The molecule has 0 radical (unpaired) electrons. The van der Waals surface area contributed by atoms with Gasteiger partial charge < -0.3 is 10.4 Å². The van der Waals surface area contributed by atoms with E-state index in [1.807, 2.05) is 0 Å². The maximum absolute atomic E-state index is 12.7. The number of rotatable bonds is 5. The number of aliphatic carboxylic acids is 1.